The van der Waals surface area contributed by atoms with E-state index in [9.17, 15) is 9.18 Å². The predicted molar refractivity (Wildman–Crippen MR) is 72.4 cm³/mol. The summed E-state index contributed by atoms with van der Waals surface area (Å²) in [6.45, 7) is 3.13. The van der Waals surface area contributed by atoms with Gasteiger partial charge in [0.25, 0.3) is 0 Å². The molecule has 0 saturated heterocycles. The van der Waals surface area contributed by atoms with Crippen molar-refractivity contribution in [3.05, 3.63) is 58.9 Å². The van der Waals surface area contributed by atoms with E-state index in [0.29, 0.717) is 11.3 Å². The van der Waals surface area contributed by atoms with Crippen LogP contribution >= 0.6 is 0 Å². The van der Waals surface area contributed by atoms with Gasteiger partial charge in [-0.05, 0) is 43.7 Å². The van der Waals surface area contributed by atoms with Crippen molar-refractivity contribution in [1.29, 1.82) is 5.26 Å². The molecule has 3 nitrogen and oxygen atoms in total. The van der Waals surface area contributed by atoms with E-state index in [2.05, 4.69) is 0 Å². The highest BCUT2D eigenvalue weighted by atomic mass is 19.1. The first-order valence-electron chi connectivity index (χ1n) is 6.01. The monoisotopic (exact) mass is 269 g/mol. The lowest BCUT2D eigenvalue weighted by Gasteiger charge is -2.12. The minimum absolute atomic E-state index is 0.113. The number of nitrogens with zero attached hydrogens (tertiary/aromatic N) is 1. The van der Waals surface area contributed by atoms with Crippen LogP contribution in [0, 0.1) is 24.1 Å². The second-order valence-corrected chi connectivity index (χ2v) is 4.37. The van der Waals surface area contributed by atoms with Gasteiger partial charge >= 0.3 is 0 Å². The molecule has 0 heterocycles. The lowest BCUT2D eigenvalue weighted by Crippen LogP contribution is -2.00. The maximum Gasteiger partial charge on any atom is 0.173 e. The van der Waals surface area contributed by atoms with Gasteiger partial charge in [0.1, 0.15) is 5.75 Å². The first-order chi connectivity index (χ1) is 9.52. The molecule has 20 heavy (non-hydrogen) atoms. The van der Waals surface area contributed by atoms with E-state index in [4.69, 9.17) is 10.00 Å². The Balaban J connectivity index is 2.50. The molecule has 0 atom stereocenters. The molecule has 0 spiro atoms. The molecule has 2 rings (SSSR count). The lowest BCUT2D eigenvalue weighted by atomic mass is 10.1. The molecule has 0 radical (unpaired) electrons. The number of benzene rings is 2. The molecule has 100 valence electrons. The Hall–Kier alpha value is -2.67. The summed E-state index contributed by atoms with van der Waals surface area (Å²) in [7, 11) is 0. The summed E-state index contributed by atoms with van der Waals surface area (Å²) in [4.78, 5) is 11.5. The molecule has 0 bridgehead atoms. The van der Waals surface area contributed by atoms with Crippen LogP contribution in [0.15, 0.2) is 36.4 Å². The van der Waals surface area contributed by atoms with Crippen molar-refractivity contribution in [2.75, 3.05) is 0 Å². The maximum absolute atomic E-state index is 13.9. The molecule has 0 unspecified atom stereocenters. The van der Waals surface area contributed by atoms with E-state index in [0.717, 1.165) is 5.56 Å². The van der Waals surface area contributed by atoms with Gasteiger partial charge in [-0.3, -0.25) is 4.79 Å². The minimum atomic E-state index is -0.612. The molecule has 0 fully saturated rings. The van der Waals surface area contributed by atoms with E-state index in [1.807, 2.05) is 6.07 Å². The van der Waals surface area contributed by atoms with Gasteiger partial charge in [-0.15, -0.1) is 0 Å². The van der Waals surface area contributed by atoms with Crippen LogP contribution in [0.5, 0.6) is 11.5 Å². The van der Waals surface area contributed by atoms with Crippen molar-refractivity contribution in [1.82, 2.24) is 0 Å². The molecule has 0 amide bonds. The van der Waals surface area contributed by atoms with Crippen LogP contribution in [0.25, 0.3) is 0 Å². The van der Waals surface area contributed by atoms with Gasteiger partial charge in [-0.1, -0.05) is 12.1 Å². The Kier molecular flexibility index (Phi) is 3.81. The highest BCUT2D eigenvalue weighted by Gasteiger charge is 2.15. The SMILES string of the molecule is CC(=O)c1cccc(F)c1Oc1cc(C#N)ccc1C. The number of Topliss-reactive ketones (excluding diaryl/α,β-unsaturated/α-hetero) is 1. The maximum atomic E-state index is 13.9. The number of aryl methyl sites for hydroxylation is 1. The third kappa shape index (κ3) is 2.67. The largest absolute Gasteiger partial charge is 0.453 e. The number of ether oxygens (including phenoxy) is 1. The molecular weight excluding hydrogens is 257 g/mol. The molecule has 0 N–H and O–H groups in total. The Morgan fingerprint density at radius 1 is 1.30 bits per heavy atom. The quantitative estimate of drug-likeness (QED) is 0.791. The predicted octanol–water partition coefficient (Wildman–Crippen LogP) is 4.00. The second-order valence-electron chi connectivity index (χ2n) is 4.37. The van der Waals surface area contributed by atoms with Crippen LogP contribution < -0.4 is 4.74 Å². The number of hydrogen-bond acceptors (Lipinski definition) is 3. The Morgan fingerprint density at radius 2 is 2.05 bits per heavy atom. The number of para-hydroxylation sites is 1. The third-order valence-corrected chi connectivity index (χ3v) is 2.88. The molecule has 0 aliphatic heterocycles. The molecular formula is C16H12FNO2. The Morgan fingerprint density at radius 3 is 2.70 bits per heavy atom. The summed E-state index contributed by atoms with van der Waals surface area (Å²) in [6.07, 6.45) is 0. The highest BCUT2D eigenvalue weighted by Crippen LogP contribution is 2.31. The van der Waals surface area contributed by atoms with Crippen molar-refractivity contribution in [3.63, 3.8) is 0 Å². The zero-order chi connectivity index (χ0) is 14.7. The average molecular weight is 269 g/mol. The van der Waals surface area contributed by atoms with Crippen LogP contribution in [0.3, 0.4) is 0 Å². The Labute approximate surface area is 116 Å². The van der Waals surface area contributed by atoms with Crippen molar-refractivity contribution in [2.45, 2.75) is 13.8 Å². The summed E-state index contributed by atoms with van der Waals surface area (Å²) < 4.78 is 19.4. The summed E-state index contributed by atoms with van der Waals surface area (Å²) in [5.41, 5.74) is 1.33. The fourth-order valence-corrected chi connectivity index (χ4v) is 1.78. The zero-order valence-corrected chi connectivity index (χ0v) is 11.1. The van der Waals surface area contributed by atoms with E-state index in [-0.39, 0.29) is 17.1 Å². The smallest absolute Gasteiger partial charge is 0.173 e. The van der Waals surface area contributed by atoms with Crippen LogP contribution in [0.4, 0.5) is 4.39 Å². The van der Waals surface area contributed by atoms with Gasteiger partial charge in [0.05, 0.1) is 17.2 Å². The topological polar surface area (TPSA) is 50.1 Å². The van der Waals surface area contributed by atoms with Crippen LogP contribution in [-0.4, -0.2) is 5.78 Å². The van der Waals surface area contributed by atoms with Gasteiger partial charge in [0.15, 0.2) is 17.3 Å². The average Bonchev–Trinajstić information content (AvgIpc) is 2.43. The number of rotatable bonds is 3. The summed E-state index contributed by atoms with van der Waals surface area (Å²) >= 11 is 0. The van der Waals surface area contributed by atoms with Gasteiger partial charge in [0, 0.05) is 0 Å². The van der Waals surface area contributed by atoms with E-state index in [1.165, 1.54) is 31.2 Å². The van der Waals surface area contributed by atoms with Crippen molar-refractivity contribution in [2.24, 2.45) is 0 Å². The number of carbonyl (C=O) groups is 1. The number of ketones is 1. The van der Waals surface area contributed by atoms with E-state index < -0.39 is 5.82 Å². The van der Waals surface area contributed by atoms with Gasteiger partial charge in [-0.25, -0.2) is 4.39 Å². The summed E-state index contributed by atoms with van der Waals surface area (Å²) in [5, 5.41) is 8.88. The summed E-state index contributed by atoms with van der Waals surface area (Å²) in [6, 6.07) is 11.1. The molecule has 0 saturated carbocycles. The molecule has 0 aliphatic rings. The van der Waals surface area contributed by atoms with Crippen molar-refractivity contribution < 1.29 is 13.9 Å². The lowest BCUT2D eigenvalue weighted by molar-refractivity contribution is 0.101. The molecule has 0 aliphatic carbocycles. The van der Waals surface area contributed by atoms with Gasteiger partial charge in [0.2, 0.25) is 0 Å². The van der Waals surface area contributed by atoms with Crippen molar-refractivity contribution >= 4 is 5.78 Å². The zero-order valence-electron chi connectivity index (χ0n) is 11.1. The number of carbonyl (C=O) groups excluding carboxylic acids is 1. The first-order valence-corrected chi connectivity index (χ1v) is 6.01. The minimum Gasteiger partial charge on any atom is -0.453 e. The van der Waals surface area contributed by atoms with Crippen LogP contribution in [-0.2, 0) is 0 Å². The molecule has 2 aromatic carbocycles. The van der Waals surface area contributed by atoms with E-state index >= 15 is 0 Å². The fourth-order valence-electron chi connectivity index (χ4n) is 1.78. The fraction of sp³-hybridized carbons (Fsp3) is 0.125. The van der Waals surface area contributed by atoms with Crippen LogP contribution in [0.1, 0.15) is 28.4 Å². The van der Waals surface area contributed by atoms with Gasteiger partial charge in [-0.2, -0.15) is 5.26 Å². The number of halogens is 1. The summed E-state index contributed by atoms with van der Waals surface area (Å²) in [5.74, 6) is -0.650. The second kappa shape index (κ2) is 5.54. The molecule has 4 heteroatoms. The first kappa shape index (κ1) is 13.8. The van der Waals surface area contributed by atoms with E-state index in [1.54, 1.807) is 19.1 Å². The van der Waals surface area contributed by atoms with Gasteiger partial charge < -0.3 is 4.74 Å². The third-order valence-electron chi connectivity index (χ3n) is 2.88. The molecule has 0 aromatic heterocycles. The standard InChI is InChI=1S/C16H12FNO2/c1-10-6-7-12(9-18)8-15(10)20-16-13(11(2)19)4-3-5-14(16)17/h3-8H,1-2H3. The Bertz CT molecular complexity index is 717. The molecule has 2 aromatic rings. The highest BCUT2D eigenvalue weighted by molar-refractivity contribution is 5.97. The number of hydrogen-bond donors (Lipinski definition) is 0. The number of nitriles is 1. The van der Waals surface area contributed by atoms with Crippen molar-refractivity contribution in [3.8, 4) is 17.6 Å². The normalized spacial score (nSPS) is 9.90. The van der Waals surface area contributed by atoms with Crippen LogP contribution in [0.2, 0.25) is 0 Å².